The van der Waals surface area contributed by atoms with Crippen LogP contribution in [0.25, 0.3) is 0 Å². The van der Waals surface area contributed by atoms with Crippen LogP contribution in [0.2, 0.25) is 0 Å². The van der Waals surface area contributed by atoms with Crippen molar-refractivity contribution < 1.29 is 32.6 Å². The molecule has 1 heterocycles. The fraction of sp³-hybridized carbons (Fsp3) is 0.500. The Morgan fingerprint density at radius 3 is 2.52 bits per heavy atom. The largest absolute Gasteiger partial charge is 0.497 e. The summed E-state index contributed by atoms with van der Waals surface area (Å²) in [6.45, 7) is 2.00. The lowest BCUT2D eigenvalue weighted by Crippen LogP contribution is -2.41. The SMILES string of the molecule is COc1ccc(NC(=O)C(C)S(=O)(=O)C2CCOCC2)c(C(=O)O)c1. The van der Waals surface area contributed by atoms with Crippen molar-refractivity contribution in [3.8, 4) is 5.75 Å². The van der Waals surface area contributed by atoms with Gasteiger partial charge < -0.3 is 19.9 Å². The van der Waals surface area contributed by atoms with Gasteiger partial charge in [0.2, 0.25) is 5.91 Å². The normalized spacial score (nSPS) is 16.9. The Morgan fingerprint density at radius 2 is 1.96 bits per heavy atom. The third-order valence-electron chi connectivity index (χ3n) is 4.21. The molecule has 25 heavy (non-hydrogen) atoms. The van der Waals surface area contributed by atoms with Gasteiger partial charge in [-0.1, -0.05) is 0 Å². The smallest absolute Gasteiger partial charge is 0.337 e. The van der Waals surface area contributed by atoms with E-state index in [4.69, 9.17) is 9.47 Å². The van der Waals surface area contributed by atoms with Gasteiger partial charge in [0.05, 0.1) is 23.6 Å². The number of carboxylic acids is 1. The average Bonchev–Trinajstić information content (AvgIpc) is 2.61. The van der Waals surface area contributed by atoms with Gasteiger partial charge in [-0.2, -0.15) is 0 Å². The number of nitrogens with one attached hydrogen (secondary N) is 1. The van der Waals surface area contributed by atoms with Gasteiger partial charge in [-0.25, -0.2) is 13.2 Å². The Bertz CT molecular complexity index is 754. The highest BCUT2D eigenvalue weighted by Gasteiger charge is 2.36. The van der Waals surface area contributed by atoms with Crippen LogP contribution < -0.4 is 10.1 Å². The van der Waals surface area contributed by atoms with Crippen molar-refractivity contribution in [1.29, 1.82) is 0 Å². The van der Waals surface area contributed by atoms with E-state index >= 15 is 0 Å². The van der Waals surface area contributed by atoms with E-state index < -0.39 is 32.2 Å². The number of carboxylic acid groups (broad SMARTS) is 1. The molecule has 0 aromatic heterocycles. The van der Waals surface area contributed by atoms with Crippen LogP contribution in [0.15, 0.2) is 18.2 Å². The van der Waals surface area contributed by atoms with E-state index in [1.54, 1.807) is 0 Å². The number of hydrogen-bond donors (Lipinski definition) is 2. The van der Waals surface area contributed by atoms with Crippen LogP contribution in [0.4, 0.5) is 5.69 Å². The molecular weight excluding hydrogens is 350 g/mol. The molecule has 0 radical (unpaired) electrons. The van der Waals surface area contributed by atoms with Crippen LogP contribution in [-0.4, -0.2) is 56.2 Å². The number of aromatic carboxylic acids is 1. The third kappa shape index (κ3) is 4.29. The summed E-state index contributed by atoms with van der Waals surface area (Å²) in [5.41, 5.74) is -0.157. The number of hydrogen-bond acceptors (Lipinski definition) is 6. The maximum Gasteiger partial charge on any atom is 0.337 e. The molecule has 1 aromatic carbocycles. The number of benzene rings is 1. The van der Waals surface area contributed by atoms with E-state index in [0.717, 1.165) is 0 Å². The zero-order valence-electron chi connectivity index (χ0n) is 14.0. The number of methoxy groups -OCH3 is 1. The van der Waals surface area contributed by atoms with E-state index in [1.807, 2.05) is 0 Å². The molecule has 2 N–H and O–H groups in total. The minimum atomic E-state index is -3.69. The molecule has 9 heteroatoms. The number of amides is 1. The fourth-order valence-corrected chi connectivity index (χ4v) is 4.40. The van der Waals surface area contributed by atoms with Crippen LogP contribution in [0, 0.1) is 0 Å². The Morgan fingerprint density at radius 1 is 1.32 bits per heavy atom. The Balaban J connectivity index is 2.20. The molecule has 138 valence electrons. The quantitative estimate of drug-likeness (QED) is 0.774. The summed E-state index contributed by atoms with van der Waals surface area (Å²) in [7, 11) is -2.30. The van der Waals surface area contributed by atoms with Crippen LogP contribution in [0.5, 0.6) is 5.75 Å². The first-order valence-electron chi connectivity index (χ1n) is 7.80. The molecule has 0 saturated carbocycles. The summed E-state index contributed by atoms with van der Waals surface area (Å²) >= 11 is 0. The summed E-state index contributed by atoms with van der Waals surface area (Å²) in [4.78, 5) is 23.7. The highest BCUT2D eigenvalue weighted by Crippen LogP contribution is 2.24. The van der Waals surface area contributed by atoms with Gasteiger partial charge in [0, 0.05) is 13.2 Å². The minimum Gasteiger partial charge on any atom is -0.497 e. The first kappa shape index (κ1) is 19.2. The summed E-state index contributed by atoms with van der Waals surface area (Å²) in [5.74, 6) is -1.70. The molecule has 1 saturated heterocycles. The predicted octanol–water partition coefficient (Wildman–Crippen LogP) is 1.31. The van der Waals surface area contributed by atoms with Crippen molar-refractivity contribution in [3.05, 3.63) is 23.8 Å². The van der Waals surface area contributed by atoms with Crippen LogP contribution in [0.1, 0.15) is 30.1 Å². The molecular formula is C16H21NO7S. The van der Waals surface area contributed by atoms with Gasteiger partial charge in [-0.15, -0.1) is 0 Å². The number of sulfone groups is 1. The molecule has 0 bridgehead atoms. The van der Waals surface area contributed by atoms with E-state index in [2.05, 4.69) is 5.32 Å². The molecule has 1 aliphatic heterocycles. The molecule has 8 nitrogen and oxygen atoms in total. The lowest BCUT2D eigenvalue weighted by molar-refractivity contribution is -0.115. The van der Waals surface area contributed by atoms with Gasteiger partial charge >= 0.3 is 5.97 Å². The van der Waals surface area contributed by atoms with Crippen molar-refractivity contribution in [2.24, 2.45) is 0 Å². The van der Waals surface area contributed by atoms with Crippen molar-refractivity contribution in [2.75, 3.05) is 25.6 Å². The Kier molecular flexibility index (Phi) is 6.02. The highest BCUT2D eigenvalue weighted by atomic mass is 32.2. The van der Waals surface area contributed by atoms with Crippen molar-refractivity contribution in [1.82, 2.24) is 0 Å². The van der Waals surface area contributed by atoms with E-state index in [9.17, 15) is 23.1 Å². The number of anilines is 1. The third-order valence-corrected chi connectivity index (χ3v) is 6.81. The number of carbonyl (C=O) groups excluding carboxylic acids is 1. The second-order valence-corrected chi connectivity index (χ2v) is 8.30. The number of ether oxygens (including phenoxy) is 2. The Hall–Kier alpha value is -2.13. The number of rotatable bonds is 6. The second kappa shape index (κ2) is 7.83. The second-order valence-electron chi connectivity index (χ2n) is 5.75. The molecule has 1 aliphatic rings. The van der Waals surface area contributed by atoms with Crippen LogP contribution >= 0.6 is 0 Å². The average molecular weight is 371 g/mol. The lowest BCUT2D eigenvalue weighted by atomic mass is 10.1. The van der Waals surface area contributed by atoms with E-state index in [-0.39, 0.29) is 11.3 Å². The molecule has 1 unspecified atom stereocenters. The minimum absolute atomic E-state index is 0.0207. The summed E-state index contributed by atoms with van der Waals surface area (Å²) in [5, 5.41) is 9.74. The monoisotopic (exact) mass is 371 g/mol. The summed E-state index contributed by atoms with van der Waals surface area (Å²) in [6, 6.07) is 4.11. The van der Waals surface area contributed by atoms with Gasteiger partial charge in [0.1, 0.15) is 11.0 Å². The molecule has 2 rings (SSSR count). The molecule has 0 aliphatic carbocycles. The maximum atomic E-state index is 12.6. The fourth-order valence-electron chi connectivity index (χ4n) is 2.61. The lowest BCUT2D eigenvalue weighted by Gasteiger charge is -2.25. The van der Waals surface area contributed by atoms with Crippen LogP contribution in [-0.2, 0) is 19.4 Å². The highest BCUT2D eigenvalue weighted by molar-refractivity contribution is 7.93. The first-order chi connectivity index (χ1) is 11.8. The first-order valence-corrected chi connectivity index (χ1v) is 9.41. The Labute approximate surface area is 146 Å². The zero-order valence-corrected chi connectivity index (χ0v) is 14.8. The summed E-state index contributed by atoms with van der Waals surface area (Å²) < 4.78 is 35.3. The molecule has 1 amide bonds. The molecule has 1 atom stereocenters. The standard InChI is InChI=1S/C16H21NO7S/c1-10(25(21,22)12-5-7-24-8-6-12)15(18)17-14-4-3-11(23-2)9-13(14)16(19)20/h3-4,9-10,12H,5-8H2,1-2H3,(H,17,18)(H,19,20). The van der Waals surface area contributed by atoms with Crippen molar-refractivity contribution in [2.45, 2.75) is 30.3 Å². The van der Waals surface area contributed by atoms with E-state index in [1.165, 1.54) is 32.2 Å². The van der Waals surface area contributed by atoms with Gasteiger partial charge in [-0.05, 0) is 38.0 Å². The van der Waals surface area contributed by atoms with Gasteiger partial charge in [0.25, 0.3) is 0 Å². The van der Waals surface area contributed by atoms with Gasteiger partial charge in [0.15, 0.2) is 9.84 Å². The van der Waals surface area contributed by atoms with Crippen molar-refractivity contribution >= 4 is 27.4 Å². The molecule has 1 aromatic rings. The predicted molar refractivity (Wildman–Crippen MR) is 90.8 cm³/mol. The van der Waals surface area contributed by atoms with Gasteiger partial charge in [-0.3, -0.25) is 4.79 Å². The maximum absolute atomic E-state index is 12.6. The zero-order chi connectivity index (χ0) is 18.6. The summed E-state index contributed by atoms with van der Waals surface area (Å²) in [6.07, 6.45) is 0.700. The molecule has 0 spiro atoms. The topological polar surface area (TPSA) is 119 Å². The van der Waals surface area contributed by atoms with Crippen LogP contribution in [0.3, 0.4) is 0 Å². The molecule has 1 fully saturated rings. The van der Waals surface area contributed by atoms with E-state index in [0.29, 0.717) is 31.8 Å². The van der Waals surface area contributed by atoms with Crippen molar-refractivity contribution in [3.63, 3.8) is 0 Å². The number of carbonyl (C=O) groups is 2.